The smallest absolute Gasteiger partial charge is 0.264 e. The first-order chi connectivity index (χ1) is 7.00. The number of benzene rings is 1. The Balaban J connectivity index is 2.78. The Morgan fingerprint density at radius 1 is 1.27 bits per heavy atom. The molecule has 1 N–H and O–H groups in total. The average Bonchev–Trinajstić information content (AvgIpc) is 2.16. The Morgan fingerprint density at radius 2 is 1.93 bits per heavy atom. The van der Waals surface area contributed by atoms with Crippen LogP contribution in [0, 0.1) is 6.92 Å². The van der Waals surface area contributed by atoms with Crippen molar-refractivity contribution in [2.45, 2.75) is 39.8 Å². The van der Waals surface area contributed by atoms with Crippen LogP contribution in [0.5, 0.6) is 0 Å². The van der Waals surface area contributed by atoms with Crippen molar-refractivity contribution in [2.75, 3.05) is 0 Å². The summed E-state index contributed by atoms with van der Waals surface area (Å²) in [6.07, 6.45) is -2.39. The van der Waals surface area contributed by atoms with Gasteiger partial charge in [-0.15, -0.1) is 0 Å². The first-order valence-corrected chi connectivity index (χ1v) is 5.11. The molecule has 1 nitrogen and oxygen atoms in total. The summed E-state index contributed by atoms with van der Waals surface area (Å²) in [7, 11) is 0. The molecule has 0 radical (unpaired) electrons. The standard InChI is InChI=1S/C12H17F2N/c1-8(2)15-7-10-5-4-9(3)11(6-10)12(13)14/h4-6,8,12,15H,7H2,1-3H3. The van der Waals surface area contributed by atoms with Gasteiger partial charge in [-0.1, -0.05) is 26.0 Å². The molecule has 0 aromatic heterocycles. The van der Waals surface area contributed by atoms with Gasteiger partial charge < -0.3 is 5.32 Å². The fourth-order valence-corrected chi connectivity index (χ4v) is 1.36. The van der Waals surface area contributed by atoms with Crippen LogP contribution < -0.4 is 5.32 Å². The predicted molar refractivity (Wildman–Crippen MR) is 58.1 cm³/mol. The largest absolute Gasteiger partial charge is 0.310 e. The van der Waals surface area contributed by atoms with E-state index in [1.54, 1.807) is 19.1 Å². The lowest BCUT2D eigenvalue weighted by molar-refractivity contribution is 0.150. The van der Waals surface area contributed by atoms with Gasteiger partial charge in [0.25, 0.3) is 6.43 Å². The van der Waals surface area contributed by atoms with E-state index in [1.165, 1.54) is 0 Å². The molecule has 0 unspecified atom stereocenters. The van der Waals surface area contributed by atoms with Gasteiger partial charge in [-0.2, -0.15) is 0 Å². The molecule has 1 aromatic carbocycles. The molecule has 0 aliphatic heterocycles. The monoisotopic (exact) mass is 213 g/mol. The Labute approximate surface area is 89.5 Å². The first-order valence-electron chi connectivity index (χ1n) is 5.11. The summed E-state index contributed by atoms with van der Waals surface area (Å²) in [4.78, 5) is 0. The van der Waals surface area contributed by atoms with Crippen molar-refractivity contribution >= 4 is 0 Å². The van der Waals surface area contributed by atoms with Crippen LogP contribution in [0.2, 0.25) is 0 Å². The van der Waals surface area contributed by atoms with Crippen LogP contribution in [0.4, 0.5) is 8.78 Å². The van der Waals surface area contributed by atoms with E-state index >= 15 is 0 Å². The molecule has 0 bridgehead atoms. The molecule has 3 heteroatoms. The highest BCUT2D eigenvalue weighted by molar-refractivity contribution is 5.31. The van der Waals surface area contributed by atoms with Crippen molar-refractivity contribution in [1.29, 1.82) is 0 Å². The maximum Gasteiger partial charge on any atom is 0.264 e. The number of hydrogen-bond donors (Lipinski definition) is 1. The van der Waals surface area contributed by atoms with Crippen LogP contribution in [0.1, 0.15) is 37.0 Å². The number of rotatable bonds is 4. The number of aryl methyl sites for hydroxylation is 1. The summed E-state index contributed by atoms with van der Waals surface area (Å²) in [5.74, 6) is 0. The van der Waals surface area contributed by atoms with Gasteiger partial charge in [0.05, 0.1) is 0 Å². The molecule has 0 fully saturated rings. The quantitative estimate of drug-likeness (QED) is 0.808. The SMILES string of the molecule is Cc1ccc(CNC(C)C)cc1C(F)F. The normalized spacial score (nSPS) is 11.4. The summed E-state index contributed by atoms with van der Waals surface area (Å²) in [5, 5.41) is 3.20. The predicted octanol–water partition coefficient (Wildman–Crippen LogP) is 3.43. The second kappa shape index (κ2) is 5.21. The molecule has 84 valence electrons. The zero-order valence-corrected chi connectivity index (χ0v) is 9.35. The van der Waals surface area contributed by atoms with E-state index in [0.29, 0.717) is 18.2 Å². The maximum atomic E-state index is 12.6. The summed E-state index contributed by atoms with van der Waals surface area (Å²) >= 11 is 0. The third kappa shape index (κ3) is 3.59. The van der Waals surface area contributed by atoms with E-state index in [0.717, 1.165) is 5.56 Å². The van der Waals surface area contributed by atoms with Crippen LogP contribution in [0.25, 0.3) is 0 Å². The Bertz CT molecular complexity index is 321. The van der Waals surface area contributed by atoms with Crippen molar-refractivity contribution in [1.82, 2.24) is 5.32 Å². The molecule has 0 heterocycles. The molecule has 0 aliphatic carbocycles. The lowest BCUT2D eigenvalue weighted by Gasteiger charge is -2.11. The molecule has 0 spiro atoms. The number of nitrogens with one attached hydrogen (secondary N) is 1. The number of hydrogen-bond acceptors (Lipinski definition) is 1. The van der Waals surface area contributed by atoms with E-state index in [1.807, 2.05) is 19.9 Å². The minimum absolute atomic E-state index is 0.137. The van der Waals surface area contributed by atoms with Crippen LogP contribution in [-0.4, -0.2) is 6.04 Å². The van der Waals surface area contributed by atoms with E-state index in [-0.39, 0.29) is 5.56 Å². The van der Waals surface area contributed by atoms with Crippen LogP contribution in [-0.2, 0) is 6.54 Å². The van der Waals surface area contributed by atoms with Gasteiger partial charge in [-0.3, -0.25) is 0 Å². The molecular formula is C12H17F2N. The van der Waals surface area contributed by atoms with Crippen molar-refractivity contribution < 1.29 is 8.78 Å². The van der Waals surface area contributed by atoms with Gasteiger partial charge in [-0.25, -0.2) is 8.78 Å². The van der Waals surface area contributed by atoms with Gasteiger partial charge in [-0.05, 0) is 24.1 Å². The molecule has 0 saturated carbocycles. The molecule has 0 amide bonds. The number of alkyl halides is 2. The highest BCUT2D eigenvalue weighted by atomic mass is 19.3. The lowest BCUT2D eigenvalue weighted by atomic mass is 10.1. The molecule has 0 saturated heterocycles. The first kappa shape index (κ1) is 12.1. The summed E-state index contributed by atoms with van der Waals surface area (Å²) < 4.78 is 25.2. The highest BCUT2D eigenvalue weighted by Crippen LogP contribution is 2.23. The molecule has 0 atom stereocenters. The summed E-state index contributed by atoms with van der Waals surface area (Å²) in [6.45, 7) is 6.41. The van der Waals surface area contributed by atoms with Gasteiger partial charge in [0.2, 0.25) is 0 Å². The molecule has 1 rings (SSSR count). The molecular weight excluding hydrogens is 196 g/mol. The minimum Gasteiger partial charge on any atom is -0.310 e. The Morgan fingerprint density at radius 3 is 2.47 bits per heavy atom. The second-order valence-corrected chi connectivity index (χ2v) is 4.03. The van der Waals surface area contributed by atoms with Gasteiger partial charge >= 0.3 is 0 Å². The maximum absolute atomic E-state index is 12.6. The third-order valence-corrected chi connectivity index (χ3v) is 2.29. The van der Waals surface area contributed by atoms with Crippen LogP contribution >= 0.6 is 0 Å². The van der Waals surface area contributed by atoms with Crippen molar-refractivity contribution in [3.8, 4) is 0 Å². The Hall–Kier alpha value is -0.960. The van der Waals surface area contributed by atoms with E-state index in [4.69, 9.17) is 0 Å². The van der Waals surface area contributed by atoms with Crippen LogP contribution in [0.15, 0.2) is 18.2 Å². The average molecular weight is 213 g/mol. The number of halogens is 2. The fraction of sp³-hybridized carbons (Fsp3) is 0.500. The zero-order chi connectivity index (χ0) is 11.4. The molecule has 0 aliphatic rings. The van der Waals surface area contributed by atoms with Gasteiger partial charge in [0.15, 0.2) is 0 Å². The van der Waals surface area contributed by atoms with Crippen LogP contribution in [0.3, 0.4) is 0 Å². The van der Waals surface area contributed by atoms with E-state index in [9.17, 15) is 8.78 Å². The third-order valence-electron chi connectivity index (χ3n) is 2.29. The molecule has 1 aromatic rings. The topological polar surface area (TPSA) is 12.0 Å². The van der Waals surface area contributed by atoms with Gasteiger partial charge in [0, 0.05) is 18.2 Å². The fourth-order valence-electron chi connectivity index (χ4n) is 1.36. The van der Waals surface area contributed by atoms with Crippen molar-refractivity contribution in [3.05, 3.63) is 34.9 Å². The molecule has 15 heavy (non-hydrogen) atoms. The lowest BCUT2D eigenvalue weighted by Crippen LogP contribution is -2.21. The second-order valence-electron chi connectivity index (χ2n) is 4.03. The summed E-state index contributed by atoms with van der Waals surface area (Å²) in [6, 6.07) is 5.58. The summed E-state index contributed by atoms with van der Waals surface area (Å²) in [5.41, 5.74) is 1.70. The van der Waals surface area contributed by atoms with E-state index in [2.05, 4.69) is 5.32 Å². The Kier molecular flexibility index (Phi) is 4.21. The van der Waals surface area contributed by atoms with Gasteiger partial charge in [0.1, 0.15) is 0 Å². The highest BCUT2D eigenvalue weighted by Gasteiger charge is 2.10. The zero-order valence-electron chi connectivity index (χ0n) is 9.35. The van der Waals surface area contributed by atoms with Crippen molar-refractivity contribution in [2.24, 2.45) is 0 Å². The van der Waals surface area contributed by atoms with E-state index < -0.39 is 6.43 Å². The minimum atomic E-state index is -2.39. The van der Waals surface area contributed by atoms with Crippen molar-refractivity contribution in [3.63, 3.8) is 0 Å².